The second kappa shape index (κ2) is 4.76. The molecular formula is C17H8F3NOS. The molecule has 3 aromatic rings. The number of para-hydroxylation sites is 1. The molecule has 1 aromatic carbocycles. The van der Waals surface area contributed by atoms with Crippen LogP contribution in [0.1, 0.15) is 20.8 Å². The fourth-order valence-corrected chi connectivity index (χ4v) is 3.68. The van der Waals surface area contributed by atoms with Gasteiger partial charge in [0.15, 0.2) is 0 Å². The summed E-state index contributed by atoms with van der Waals surface area (Å²) >= 11 is 1.18. The van der Waals surface area contributed by atoms with Crippen molar-refractivity contribution in [3.63, 3.8) is 0 Å². The maximum atomic E-state index is 13.5. The van der Waals surface area contributed by atoms with Crippen molar-refractivity contribution in [3.8, 4) is 0 Å². The number of Topliss-reactive ketones (excluding diaryl/α,β-unsaturated/α-hetero) is 1. The van der Waals surface area contributed by atoms with Crippen LogP contribution in [0.15, 0.2) is 53.5 Å². The van der Waals surface area contributed by atoms with Crippen molar-refractivity contribution in [3.05, 3.63) is 69.6 Å². The van der Waals surface area contributed by atoms with Crippen LogP contribution in [0.5, 0.6) is 0 Å². The number of hydrogen-bond acceptors (Lipinski definition) is 3. The predicted molar refractivity (Wildman–Crippen MR) is 82.5 cm³/mol. The SMILES string of the molecule is O=C1C(C(F)(F)F)=C(c2cccs2)c2c1cnc1ccccc21. The first-order valence-corrected chi connectivity index (χ1v) is 7.64. The number of hydrogen-bond donors (Lipinski definition) is 0. The van der Waals surface area contributed by atoms with Gasteiger partial charge in [-0.3, -0.25) is 9.78 Å². The van der Waals surface area contributed by atoms with Gasteiger partial charge in [-0.2, -0.15) is 13.2 Å². The summed E-state index contributed by atoms with van der Waals surface area (Å²) in [5.41, 5.74) is -0.231. The minimum atomic E-state index is -4.71. The second-order valence-electron chi connectivity index (χ2n) is 5.12. The van der Waals surface area contributed by atoms with Gasteiger partial charge in [-0.25, -0.2) is 0 Å². The first kappa shape index (κ1) is 14.1. The highest BCUT2D eigenvalue weighted by molar-refractivity contribution is 7.11. The van der Waals surface area contributed by atoms with Crippen LogP contribution in [-0.2, 0) is 0 Å². The Morgan fingerprint density at radius 1 is 1.04 bits per heavy atom. The zero-order valence-corrected chi connectivity index (χ0v) is 12.3. The smallest absolute Gasteiger partial charge is 0.289 e. The summed E-state index contributed by atoms with van der Waals surface area (Å²) in [6.07, 6.45) is -3.47. The van der Waals surface area contributed by atoms with E-state index in [2.05, 4.69) is 4.98 Å². The molecule has 0 radical (unpaired) electrons. The number of aromatic nitrogens is 1. The number of pyridine rings is 1. The van der Waals surface area contributed by atoms with Gasteiger partial charge < -0.3 is 0 Å². The van der Waals surface area contributed by atoms with Crippen LogP contribution in [0.25, 0.3) is 16.5 Å². The maximum absolute atomic E-state index is 13.5. The number of rotatable bonds is 1. The molecule has 1 aliphatic rings. The molecule has 2 nitrogen and oxygen atoms in total. The molecule has 6 heteroatoms. The van der Waals surface area contributed by atoms with Crippen LogP contribution >= 0.6 is 11.3 Å². The number of carbonyl (C=O) groups excluding carboxylic acids is 1. The van der Waals surface area contributed by atoms with Gasteiger partial charge >= 0.3 is 6.18 Å². The fraction of sp³-hybridized carbons (Fsp3) is 0.0588. The molecule has 114 valence electrons. The van der Waals surface area contributed by atoms with Gasteiger partial charge in [-0.05, 0) is 17.5 Å². The lowest BCUT2D eigenvalue weighted by Gasteiger charge is -2.10. The van der Waals surface area contributed by atoms with Gasteiger partial charge in [0.1, 0.15) is 5.57 Å². The zero-order valence-electron chi connectivity index (χ0n) is 11.5. The average molecular weight is 331 g/mol. The molecule has 2 aromatic heterocycles. The van der Waals surface area contributed by atoms with Gasteiger partial charge in [-0.1, -0.05) is 24.3 Å². The molecule has 0 bridgehead atoms. The van der Waals surface area contributed by atoms with E-state index >= 15 is 0 Å². The Balaban J connectivity index is 2.16. The number of benzene rings is 1. The quantitative estimate of drug-likeness (QED) is 0.637. The summed E-state index contributed by atoms with van der Waals surface area (Å²) in [7, 11) is 0. The molecule has 0 fully saturated rings. The van der Waals surface area contributed by atoms with E-state index < -0.39 is 17.5 Å². The predicted octanol–water partition coefficient (Wildman–Crippen LogP) is 4.86. The highest BCUT2D eigenvalue weighted by Crippen LogP contribution is 2.47. The van der Waals surface area contributed by atoms with E-state index in [0.29, 0.717) is 21.3 Å². The minimum absolute atomic E-state index is 0.0134. The van der Waals surface area contributed by atoms with Crippen molar-refractivity contribution >= 4 is 33.6 Å². The average Bonchev–Trinajstić information content (AvgIpc) is 3.12. The van der Waals surface area contributed by atoms with Crippen LogP contribution in [0.3, 0.4) is 0 Å². The standard InChI is InChI=1S/C17H8F3NOS/c18-17(19,20)15-14(12-6-3-7-23-12)13-9-4-1-2-5-11(9)21-8-10(13)16(15)22/h1-8H. The molecule has 1 aliphatic carbocycles. The Bertz CT molecular complexity index is 971. The molecule has 0 atom stereocenters. The number of thiophene rings is 1. The van der Waals surface area contributed by atoms with Gasteiger partial charge in [0.2, 0.25) is 5.78 Å². The number of alkyl halides is 3. The Labute approximate surface area is 132 Å². The summed E-state index contributed by atoms with van der Waals surface area (Å²) in [5, 5.41) is 2.25. The normalized spacial score (nSPS) is 14.7. The van der Waals surface area contributed by atoms with Crippen LogP contribution in [0.4, 0.5) is 13.2 Å². The fourth-order valence-electron chi connectivity index (χ4n) is 2.89. The van der Waals surface area contributed by atoms with E-state index in [-0.39, 0.29) is 11.1 Å². The largest absolute Gasteiger partial charge is 0.420 e. The van der Waals surface area contributed by atoms with Crippen LogP contribution in [0, 0.1) is 0 Å². The lowest BCUT2D eigenvalue weighted by Crippen LogP contribution is -2.18. The lowest BCUT2D eigenvalue weighted by molar-refractivity contribution is -0.0878. The molecule has 2 heterocycles. The maximum Gasteiger partial charge on any atom is 0.420 e. The van der Waals surface area contributed by atoms with Crippen LogP contribution in [0.2, 0.25) is 0 Å². The van der Waals surface area contributed by atoms with E-state index in [1.807, 2.05) is 0 Å². The molecule has 0 spiro atoms. The third-order valence-corrected chi connectivity index (χ3v) is 4.69. The molecular weight excluding hydrogens is 323 g/mol. The van der Waals surface area contributed by atoms with E-state index in [0.717, 1.165) is 0 Å². The lowest BCUT2D eigenvalue weighted by atomic mass is 9.99. The number of halogens is 3. The number of fused-ring (bicyclic) bond motifs is 3. The summed E-state index contributed by atoms with van der Waals surface area (Å²) in [4.78, 5) is 16.9. The molecule has 0 aliphatic heterocycles. The molecule has 0 saturated carbocycles. The summed E-state index contributed by atoms with van der Waals surface area (Å²) in [5.74, 6) is -1.01. The van der Waals surface area contributed by atoms with Crippen molar-refractivity contribution < 1.29 is 18.0 Å². The van der Waals surface area contributed by atoms with Crippen molar-refractivity contribution in [2.75, 3.05) is 0 Å². The molecule has 0 N–H and O–H groups in total. The monoisotopic (exact) mass is 331 g/mol. The van der Waals surface area contributed by atoms with E-state index in [9.17, 15) is 18.0 Å². The van der Waals surface area contributed by atoms with E-state index in [1.54, 1.807) is 41.8 Å². The highest BCUT2D eigenvalue weighted by Gasteiger charge is 2.47. The Morgan fingerprint density at radius 3 is 2.52 bits per heavy atom. The van der Waals surface area contributed by atoms with Crippen molar-refractivity contribution in [1.82, 2.24) is 4.98 Å². The Kier molecular flexibility index (Phi) is 2.93. The van der Waals surface area contributed by atoms with Gasteiger partial charge in [0.25, 0.3) is 0 Å². The molecule has 23 heavy (non-hydrogen) atoms. The van der Waals surface area contributed by atoms with Crippen molar-refractivity contribution in [2.45, 2.75) is 6.18 Å². The van der Waals surface area contributed by atoms with Crippen molar-refractivity contribution in [2.24, 2.45) is 0 Å². The first-order chi connectivity index (χ1) is 11.0. The summed E-state index contributed by atoms with van der Waals surface area (Å²) in [6, 6.07) is 10.2. The van der Waals surface area contributed by atoms with E-state index in [1.165, 1.54) is 17.5 Å². The third-order valence-electron chi connectivity index (χ3n) is 3.80. The van der Waals surface area contributed by atoms with E-state index in [4.69, 9.17) is 0 Å². The Hall–Kier alpha value is -2.47. The molecule has 0 unspecified atom stereocenters. The number of allylic oxidation sites excluding steroid dienone is 1. The van der Waals surface area contributed by atoms with Crippen molar-refractivity contribution in [1.29, 1.82) is 0 Å². The highest BCUT2D eigenvalue weighted by atomic mass is 32.1. The number of ketones is 1. The topological polar surface area (TPSA) is 30.0 Å². The Morgan fingerprint density at radius 2 is 1.83 bits per heavy atom. The summed E-state index contributed by atoms with van der Waals surface area (Å²) in [6.45, 7) is 0. The van der Waals surface area contributed by atoms with Gasteiger partial charge in [-0.15, -0.1) is 11.3 Å². The number of carbonyl (C=O) groups is 1. The molecule has 4 rings (SSSR count). The van der Waals surface area contributed by atoms with Crippen LogP contribution < -0.4 is 0 Å². The van der Waals surface area contributed by atoms with Crippen LogP contribution in [-0.4, -0.2) is 16.9 Å². The third kappa shape index (κ3) is 2.02. The number of nitrogens with zero attached hydrogens (tertiary/aromatic N) is 1. The second-order valence-corrected chi connectivity index (χ2v) is 6.07. The minimum Gasteiger partial charge on any atom is -0.289 e. The summed E-state index contributed by atoms with van der Waals surface area (Å²) < 4.78 is 40.6. The first-order valence-electron chi connectivity index (χ1n) is 6.76. The molecule has 0 amide bonds. The zero-order chi connectivity index (χ0) is 16.2. The molecule has 0 saturated heterocycles. The van der Waals surface area contributed by atoms with Gasteiger partial charge in [0, 0.05) is 33.2 Å². The van der Waals surface area contributed by atoms with Gasteiger partial charge in [0.05, 0.1) is 5.52 Å².